The number of esters is 2. The Balaban J connectivity index is 1.67. The van der Waals surface area contributed by atoms with Crippen LogP contribution in [0.4, 0.5) is 14.6 Å². The van der Waals surface area contributed by atoms with E-state index in [9.17, 15) is 14.4 Å². The number of hydrogen-bond acceptors (Lipinski definition) is 8. The van der Waals surface area contributed by atoms with Crippen LogP contribution in [-0.2, 0) is 14.2 Å². The predicted molar refractivity (Wildman–Crippen MR) is 119 cm³/mol. The highest BCUT2D eigenvalue weighted by atomic mass is 19.2. The summed E-state index contributed by atoms with van der Waals surface area (Å²) in [4.78, 5) is 40.9. The van der Waals surface area contributed by atoms with Gasteiger partial charge in [-0.2, -0.15) is 4.98 Å². The molecule has 0 amide bonds. The third kappa shape index (κ3) is 4.76. The summed E-state index contributed by atoms with van der Waals surface area (Å²) in [6.45, 7) is -0.218. The quantitative estimate of drug-likeness (QED) is 0.529. The summed E-state index contributed by atoms with van der Waals surface area (Å²) >= 11 is 0. The van der Waals surface area contributed by atoms with Crippen molar-refractivity contribution in [2.24, 2.45) is 0 Å². The Kier molecular flexibility index (Phi) is 6.35. The zero-order valence-corrected chi connectivity index (χ0v) is 18.5. The molecule has 0 saturated carbocycles. The number of hydrogen-bond donors (Lipinski definition) is 1. The number of carbonyl (C=O) groups excluding carboxylic acids is 2. The Hall–Kier alpha value is -4.12. The number of benzene rings is 2. The van der Waals surface area contributed by atoms with Crippen molar-refractivity contribution in [3.63, 3.8) is 0 Å². The summed E-state index contributed by atoms with van der Waals surface area (Å²) in [6.07, 6.45) is -3.07. The lowest BCUT2D eigenvalue weighted by atomic mass is 9.96. The molecule has 0 unspecified atom stereocenters. The SMILES string of the molecule is C[C@]1(F)[C@H](n2ccc(N)nc2=O)O[C@](F)(COC(=O)c2ccccc2)[C@H]1OC(=O)c1ccccc1. The monoisotopic (exact) mass is 485 g/mol. The lowest BCUT2D eigenvalue weighted by molar-refractivity contribution is -0.208. The summed E-state index contributed by atoms with van der Waals surface area (Å²) in [5.74, 6) is -5.23. The van der Waals surface area contributed by atoms with E-state index in [1.54, 1.807) is 36.4 Å². The fourth-order valence-corrected chi connectivity index (χ4v) is 3.73. The first-order valence-corrected chi connectivity index (χ1v) is 10.5. The molecule has 35 heavy (non-hydrogen) atoms. The van der Waals surface area contributed by atoms with E-state index >= 15 is 8.78 Å². The van der Waals surface area contributed by atoms with Crippen molar-refractivity contribution in [1.29, 1.82) is 0 Å². The number of alkyl halides is 2. The highest BCUT2D eigenvalue weighted by Crippen LogP contribution is 2.49. The first-order chi connectivity index (χ1) is 16.6. The zero-order chi connectivity index (χ0) is 25.2. The van der Waals surface area contributed by atoms with Crippen molar-refractivity contribution in [2.75, 3.05) is 12.3 Å². The number of nitrogen functional groups attached to an aromatic ring is 1. The Morgan fingerprint density at radius 3 is 2.17 bits per heavy atom. The number of carbonyl (C=O) groups is 2. The molecule has 1 saturated heterocycles. The van der Waals surface area contributed by atoms with Gasteiger partial charge in [0.1, 0.15) is 5.82 Å². The molecule has 1 aromatic heterocycles. The van der Waals surface area contributed by atoms with Crippen LogP contribution in [0.1, 0.15) is 33.9 Å². The predicted octanol–water partition coefficient (Wildman–Crippen LogP) is 2.83. The van der Waals surface area contributed by atoms with Gasteiger partial charge < -0.3 is 19.9 Å². The topological polar surface area (TPSA) is 123 Å². The van der Waals surface area contributed by atoms with E-state index in [2.05, 4.69) is 4.98 Å². The second-order valence-electron chi connectivity index (χ2n) is 8.04. The minimum absolute atomic E-state index is 0.0294. The molecule has 1 aliphatic rings. The van der Waals surface area contributed by atoms with Gasteiger partial charge >= 0.3 is 17.6 Å². The van der Waals surface area contributed by atoms with Gasteiger partial charge in [0.25, 0.3) is 5.85 Å². The van der Waals surface area contributed by atoms with E-state index in [4.69, 9.17) is 19.9 Å². The van der Waals surface area contributed by atoms with Gasteiger partial charge in [-0.05, 0) is 37.3 Å². The molecule has 4 rings (SSSR count). The number of halogens is 2. The van der Waals surface area contributed by atoms with E-state index in [1.807, 2.05) is 0 Å². The minimum atomic E-state index is -3.15. The summed E-state index contributed by atoms with van der Waals surface area (Å²) < 4.78 is 48.5. The fourth-order valence-electron chi connectivity index (χ4n) is 3.73. The maximum absolute atomic E-state index is 16.2. The molecule has 0 radical (unpaired) electrons. The van der Waals surface area contributed by atoms with Crippen LogP contribution in [-0.4, -0.2) is 45.7 Å². The molecule has 0 bridgehead atoms. The standard InChI is InChI=1S/C24H21F2N3O6/c1-23(25)20(34-19(31)16-10-6-3-7-11-16)24(26,14-33-18(30)15-8-4-2-5-9-15)35-21(23)29-13-12-17(27)28-22(29)32/h2-13,20-21H,14H2,1H3,(H2,27,28,32)/t20-,21+,23+,24+/m0/s1. The molecule has 2 heterocycles. The zero-order valence-electron chi connectivity index (χ0n) is 18.5. The maximum atomic E-state index is 16.2. The summed E-state index contributed by atoms with van der Waals surface area (Å²) in [5.41, 5.74) is 1.82. The fraction of sp³-hybridized carbons (Fsp3) is 0.250. The van der Waals surface area contributed by atoms with Gasteiger partial charge in [0, 0.05) is 6.20 Å². The highest BCUT2D eigenvalue weighted by Gasteiger charge is 2.68. The van der Waals surface area contributed by atoms with Gasteiger partial charge in [-0.15, -0.1) is 0 Å². The number of ether oxygens (including phenoxy) is 3. The molecule has 0 aliphatic carbocycles. The van der Waals surface area contributed by atoms with Crippen molar-refractivity contribution in [3.8, 4) is 0 Å². The van der Waals surface area contributed by atoms with Crippen molar-refractivity contribution in [2.45, 2.75) is 30.8 Å². The Labute approximate surface area is 198 Å². The maximum Gasteiger partial charge on any atom is 0.351 e. The number of nitrogens with zero attached hydrogens (tertiary/aromatic N) is 2. The van der Waals surface area contributed by atoms with Crippen LogP contribution in [0, 0.1) is 0 Å². The highest BCUT2D eigenvalue weighted by molar-refractivity contribution is 5.90. The molecule has 4 atom stereocenters. The third-order valence-corrected chi connectivity index (χ3v) is 5.44. The molecule has 2 aromatic carbocycles. The van der Waals surface area contributed by atoms with Gasteiger partial charge in [0.2, 0.25) is 6.10 Å². The lowest BCUT2D eigenvalue weighted by Gasteiger charge is -2.29. The summed E-state index contributed by atoms with van der Waals surface area (Å²) in [7, 11) is 0. The number of anilines is 1. The van der Waals surface area contributed by atoms with Gasteiger partial charge in [-0.25, -0.2) is 23.2 Å². The van der Waals surface area contributed by atoms with Crippen molar-refractivity contribution in [3.05, 3.63) is 94.5 Å². The molecular weight excluding hydrogens is 464 g/mol. The largest absolute Gasteiger partial charge is 0.456 e. The number of aromatic nitrogens is 2. The van der Waals surface area contributed by atoms with Gasteiger partial charge in [0.15, 0.2) is 18.5 Å². The van der Waals surface area contributed by atoms with Crippen LogP contribution in [0.15, 0.2) is 77.7 Å². The van der Waals surface area contributed by atoms with Crippen molar-refractivity contribution < 1.29 is 32.6 Å². The molecular formula is C24H21F2N3O6. The molecule has 182 valence electrons. The van der Waals surface area contributed by atoms with E-state index in [-0.39, 0.29) is 16.9 Å². The normalized spacial score (nSPS) is 25.7. The molecule has 9 nitrogen and oxygen atoms in total. The van der Waals surface area contributed by atoms with E-state index < -0.39 is 48.1 Å². The van der Waals surface area contributed by atoms with Crippen molar-refractivity contribution >= 4 is 17.8 Å². The summed E-state index contributed by atoms with van der Waals surface area (Å²) in [5, 5.41) is 0. The average molecular weight is 485 g/mol. The molecule has 11 heteroatoms. The second-order valence-corrected chi connectivity index (χ2v) is 8.04. The lowest BCUT2D eigenvalue weighted by Crippen LogP contribution is -2.50. The molecule has 2 N–H and O–H groups in total. The first kappa shape index (κ1) is 24.0. The van der Waals surface area contributed by atoms with E-state index in [0.29, 0.717) is 4.57 Å². The molecule has 1 fully saturated rings. The summed E-state index contributed by atoms with van der Waals surface area (Å²) in [6, 6.07) is 16.4. The Morgan fingerprint density at radius 2 is 1.60 bits per heavy atom. The number of nitrogens with two attached hydrogens (primary N) is 1. The second kappa shape index (κ2) is 9.26. The van der Waals surface area contributed by atoms with Crippen LogP contribution < -0.4 is 11.4 Å². The Bertz CT molecular complexity index is 1290. The molecule has 3 aromatic rings. The van der Waals surface area contributed by atoms with Crippen LogP contribution >= 0.6 is 0 Å². The van der Waals surface area contributed by atoms with Crippen molar-refractivity contribution in [1.82, 2.24) is 9.55 Å². The minimum Gasteiger partial charge on any atom is -0.456 e. The van der Waals surface area contributed by atoms with Crippen LogP contribution in [0.3, 0.4) is 0 Å². The van der Waals surface area contributed by atoms with Gasteiger partial charge in [0.05, 0.1) is 11.1 Å². The number of rotatable bonds is 6. The van der Waals surface area contributed by atoms with E-state index in [0.717, 1.165) is 13.1 Å². The van der Waals surface area contributed by atoms with Crippen LogP contribution in [0.25, 0.3) is 0 Å². The molecule has 0 spiro atoms. The average Bonchev–Trinajstić information content (AvgIpc) is 3.04. The third-order valence-electron chi connectivity index (χ3n) is 5.44. The van der Waals surface area contributed by atoms with Crippen LogP contribution in [0.5, 0.6) is 0 Å². The molecule has 1 aliphatic heterocycles. The van der Waals surface area contributed by atoms with Gasteiger partial charge in [-0.3, -0.25) is 4.57 Å². The van der Waals surface area contributed by atoms with E-state index in [1.165, 1.54) is 30.3 Å². The van der Waals surface area contributed by atoms with Crippen LogP contribution in [0.2, 0.25) is 0 Å². The van der Waals surface area contributed by atoms with Gasteiger partial charge in [-0.1, -0.05) is 36.4 Å². The smallest absolute Gasteiger partial charge is 0.351 e. The Morgan fingerprint density at radius 1 is 1.03 bits per heavy atom. The first-order valence-electron chi connectivity index (χ1n) is 10.5.